The lowest BCUT2D eigenvalue weighted by atomic mass is 10.1. The smallest absolute Gasteiger partial charge is 0.251 e. The molecule has 0 bridgehead atoms. The number of nitrogens with one attached hydrogen (secondary N) is 3. The summed E-state index contributed by atoms with van der Waals surface area (Å²) < 4.78 is 5.31. The molecule has 0 fully saturated rings. The number of halogens is 1. The van der Waals surface area contributed by atoms with E-state index in [1.54, 1.807) is 13.3 Å². The number of hydrogen-bond acceptors (Lipinski definition) is 3. The number of guanidine groups is 1. The Morgan fingerprint density at radius 1 is 1.15 bits per heavy atom. The first-order valence-electron chi connectivity index (χ1n) is 8.58. The van der Waals surface area contributed by atoms with Crippen LogP contribution in [-0.2, 0) is 12.8 Å². The average Bonchev–Trinajstić information content (AvgIpc) is 3.15. The lowest BCUT2D eigenvalue weighted by Crippen LogP contribution is -2.38. The van der Waals surface area contributed by atoms with Crippen molar-refractivity contribution >= 4 is 35.8 Å². The molecular weight excluding hydrogens is 443 g/mol. The first-order valence-corrected chi connectivity index (χ1v) is 8.58. The van der Waals surface area contributed by atoms with Gasteiger partial charge in [0.1, 0.15) is 5.76 Å². The van der Waals surface area contributed by atoms with E-state index in [2.05, 4.69) is 20.9 Å². The van der Waals surface area contributed by atoms with Crippen molar-refractivity contribution in [3.8, 4) is 0 Å². The molecule has 1 amide bonds. The third kappa shape index (κ3) is 7.47. The molecular formula is C19H27IN4O2. The van der Waals surface area contributed by atoms with Gasteiger partial charge in [-0.2, -0.15) is 0 Å². The number of carbonyl (C=O) groups excluding carboxylic acids is 1. The number of hydrogen-bond donors (Lipinski definition) is 3. The van der Waals surface area contributed by atoms with Crippen molar-refractivity contribution in [1.29, 1.82) is 0 Å². The van der Waals surface area contributed by atoms with Gasteiger partial charge in [-0.05, 0) is 43.2 Å². The van der Waals surface area contributed by atoms with Gasteiger partial charge in [0, 0.05) is 38.7 Å². The lowest BCUT2D eigenvalue weighted by Gasteiger charge is -2.11. The van der Waals surface area contributed by atoms with Crippen LogP contribution in [0.4, 0.5) is 0 Å². The van der Waals surface area contributed by atoms with Gasteiger partial charge in [0.05, 0.1) is 6.26 Å². The van der Waals surface area contributed by atoms with Crippen LogP contribution in [0, 0.1) is 0 Å². The number of nitrogens with zero attached hydrogens (tertiary/aromatic N) is 1. The molecule has 0 unspecified atom stereocenters. The molecule has 142 valence electrons. The fraction of sp³-hybridized carbons (Fsp3) is 0.368. The highest BCUT2D eigenvalue weighted by Crippen LogP contribution is 2.05. The maximum absolute atomic E-state index is 11.7. The summed E-state index contributed by atoms with van der Waals surface area (Å²) in [4.78, 5) is 16.2. The van der Waals surface area contributed by atoms with Crippen LogP contribution in [0.3, 0.4) is 0 Å². The van der Waals surface area contributed by atoms with E-state index in [1.165, 1.54) is 0 Å². The Hall–Kier alpha value is -2.03. The van der Waals surface area contributed by atoms with E-state index in [9.17, 15) is 4.79 Å². The molecule has 0 atom stereocenters. The van der Waals surface area contributed by atoms with E-state index >= 15 is 0 Å². The van der Waals surface area contributed by atoms with Crippen LogP contribution in [-0.4, -0.2) is 38.5 Å². The Kier molecular flexibility index (Phi) is 10.5. The number of benzene rings is 1. The summed E-state index contributed by atoms with van der Waals surface area (Å²) in [5, 5.41) is 9.19. The molecule has 0 aliphatic carbocycles. The molecule has 7 heteroatoms. The zero-order valence-corrected chi connectivity index (χ0v) is 17.6. The Balaban J connectivity index is 0.00000338. The van der Waals surface area contributed by atoms with Crippen molar-refractivity contribution in [2.45, 2.75) is 19.8 Å². The molecule has 0 spiro atoms. The number of amides is 1. The van der Waals surface area contributed by atoms with E-state index in [0.29, 0.717) is 12.1 Å². The summed E-state index contributed by atoms with van der Waals surface area (Å²) in [6, 6.07) is 11.5. The van der Waals surface area contributed by atoms with Crippen molar-refractivity contribution in [2.24, 2.45) is 4.99 Å². The summed E-state index contributed by atoms with van der Waals surface area (Å²) in [5.41, 5.74) is 1.79. The Bertz CT molecular complexity index is 687. The number of furan rings is 1. The molecule has 1 aromatic carbocycles. The van der Waals surface area contributed by atoms with Crippen LogP contribution in [0.1, 0.15) is 28.6 Å². The van der Waals surface area contributed by atoms with Crippen molar-refractivity contribution in [2.75, 3.05) is 26.7 Å². The van der Waals surface area contributed by atoms with Gasteiger partial charge < -0.3 is 20.4 Å². The molecule has 2 rings (SSSR count). The largest absolute Gasteiger partial charge is 0.469 e. The van der Waals surface area contributed by atoms with Crippen LogP contribution < -0.4 is 16.0 Å². The van der Waals surface area contributed by atoms with Crippen LogP contribution in [0.5, 0.6) is 0 Å². The van der Waals surface area contributed by atoms with Gasteiger partial charge in [0.25, 0.3) is 5.91 Å². The zero-order valence-electron chi connectivity index (χ0n) is 15.2. The van der Waals surface area contributed by atoms with Gasteiger partial charge in [-0.25, -0.2) is 0 Å². The number of rotatable bonds is 8. The van der Waals surface area contributed by atoms with E-state index in [-0.39, 0.29) is 29.9 Å². The van der Waals surface area contributed by atoms with Crippen molar-refractivity contribution in [3.63, 3.8) is 0 Å². The first-order chi connectivity index (χ1) is 12.2. The summed E-state index contributed by atoms with van der Waals surface area (Å²) >= 11 is 0. The predicted molar refractivity (Wildman–Crippen MR) is 115 cm³/mol. The minimum absolute atomic E-state index is 0. The molecule has 3 N–H and O–H groups in total. The fourth-order valence-corrected chi connectivity index (χ4v) is 2.41. The average molecular weight is 470 g/mol. The second-order valence-corrected chi connectivity index (χ2v) is 5.55. The minimum atomic E-state index is -0.0670. The fourth-order valence-electron chi connectivity index (χ4n) is 2.41. The Morgan fingerprint density at radius 2 is 2.00 bits per heavy atom. The van der Waals surface area contributed by atoms with E-state index in [4.69, 9.17) is 4.42 Å². The number of carbonyl (C=O) groups is 1. The SMILES string of the molecule is CCNC(=NCCc1ccco1)NCCc1cccc(C(=O)NC)c1.I. The zero-order chi connectivity index (χ0) is 17.9. The molecule has 0 aliphatic rings. The third-order valence-electron chi connectivity index (χ3n) is 3.67. The van der Waals surface area contributed by atoms with Crippen LogP contribution in [0.15, 0.2) is 52.1 Å². The highest BCUT2D eigenvalue weighted by Gasteiger charge is 2.04. The maximum atomic E-state index is 11.7. The van der Waals surface area contributed by atoms with Crippen molar-refractivity contribution < 1.29 is 9.21 Å². The summed E-state index contributed by atoms with van der Waals surface area (Å²) in [5.74, 6) is 1.66. The standard InChI is InChI=1S/C19H26N4O2.HI/c1-3-21-19(23-12-10-17-8-5-13-25-17)22-11-9-15-6-4-7-16(14-15)18(24)20-2;/h4-8,13-14H,3,9-12H2,1-2H3,(H,20,24)(H2,21,22,23);1H. The van der Waals surface area contributed by atoms with Crippen LogP contribution in [0.2, 0.25) is 0 Å². The highest BCUT2D eigenvalue weighted by atomic mass is 127. The quantitative estimate of drug-likeness (QED) is 0.315. The summed E-state index contributed by atoms with van der Waals surface area (Å²) in [6.07, 6.45) is 3.26. The third-order valence-corrected chi connectivity index (χ3v) is 3.67. The molecule has 0 saturated carbocycles. The van der Waals surface area contributed by atoms with Crippen LogP contribution >= 0.6 is 24.0 Å². The van der Waals surface area contributed by atoms with Gasteiger partial charge >= 0.3 is 0 Å². The molecule has 0 saturated heterocycles. The second-order valence-electron chi connectivity index (χ2n) is 5.55. The molecule has 0 aliphatic heterocycles. The van der Waals surface area contributed by atoms with Crippen molar-refractivity contribution in [3.05, 3.63) is 59.5 Å². The molecule has 1 heterocycles. The van der Waals surface area contributed by atoms with Gasteiger partial charge in [-0.3, -0.25) is 9.79 Å². The highest BCUT2D eigenvalue weighted by molar-refractivity contribution is 14.0. The van der Waals surface area contributed by atoms with Crippen LogP contribution in [0.25, 0.3) is 0 Å². The van der Waals surface area contributed by atoms with E-state index in [0.717, 1.165) is 43.2 Å². The van der Waals surface area contributed by atoms with Gasteiger partial charge in [-0.1, -0.05) is 12.1 Å². The van der Waals surface area contributed by atoms with E-state index in [1.807, 2.05) is 43.3 Å². The molecule has 2 aromatic rings. The van der Waals surface area contributed by atoms with Gasteiger partial charge in [0.2, 0.25) is 0 Å². The lowest BCUT2D eigenvalue weighted by molar-refractivity contribution is 0.0963. The topological polar surface area (TPSA) is 78.7 Å². The van der Waals surface area contributed by atoms with Crippen molar-refractivity contribution in [1.82, 2.24) is 16.0 Å². The second kappa shape index (κ2) is 12.3. The monoisotopic (exact) mass is 470 g/mol. The summed E-state index contributed by atoms with van der Waals surface area (Å²) in [6.45, 7) is 4.24. The predicted octanol–water partition coefficient (Wildman–Crippen LogP) is 2.60. The molecule has 26 heavy (non-hydrogen) atoms. The maximum Gasteiger partial charge on any atom is 0.251 e. The molecule has 6 nitrogen and oxygen atoms in total. The normalized spacial score (nSPS) is 10.8. The molecule has 0 radical (unpaired) electrons. The molecule has 1 aromatic heterocycles. The number of aliphatic imine (C=N–C) groups is 1. The Labute approximate surface area is 171 Å². The van der Waals surface area contributed by atoms with E-state index < -0.39 is 0 Å². The van der Waals surface area contributed by atoms with Gasteiger partial charge in [0.15, 0.2) is 5.96 Å². The van der Waals surface area contributed by atoms with Gasteiger partial charge in [-0.15, -0.1) is 24.0 Å². The minimum Gasteiger partial charge on any atom is -0.469 e. The Morgan fingerprint density at radius 3 is 2.69 bits per heavy atom. The first kappa shape index (κ1) is 22.0. The summed E-state index contributed by atoms with van der Waals surface area (Å²) in [7, 11) is 1.64.